The summed E-state index contributed by atoms with van der Waals surface area (Å²) in [5.41, 5.74) is 1.30. The third-order valence-corrected chi connectivity index (χ3v) is 2.56. The number of hydrogen-bond donors (Lipinski definition) is 0. The maximum atomic E-state index is 10.4. The van der Waals surface area contributed by atoms with E-state index >= 15 is 0 Å². The van der Waals surface area contributed by atoms with Crippen LogP contribution in [0.5, 0.6) is 5.75 Å². The van der Waals surface area contributed by atoms with Crippen LogP contribution in [-0.4, -0.2) is 29.6 Å². The van der Waals surface area contributed by atoms with Gasteiger partial charge in [-0.1, -0.05) is 21.3 Å². The van der Waals surface area contributed by atoms with E-state index in [2.05, 4.69) is 3.07 Å². The van der Waals surface area contributed by atoms with Crippen LogP contribution in [0.25, 0.3) is 0 Å². The van der Waals surface area contributed by atoms with E-state index in [-0.39, 0.29) is 35.3 Å². The third-order valence-electron chi connectivity index (χ3n) is 1.58. The molecule has 0 N–H and O–H groups in total. The normalized spacial score (nSPS) is 10.6. The number of aryl methyl sites for hydroxylation is 2. The molecule has 0 heterocycles. The van der Waals surface area contributed by atoms with Crippen LogP contribution < -0.4 is 33.5 Å². The van der Waals surface area contributed by atoms with Crippen molar-refractivity contribution in [3.05, 3.63) is 29.3 Å². The van der Waals surface area contributed by atoms with Crippen molar-refractivity contribution in [3.8, 4) is 5.75 Å². The Morgan fingerprint density at radius 1 is 1.07 bits per heavy atom. The van der Waals surface area contributed by atoms with Gasteiger partial charge >= 0.3 is 49.7 Å². The van der Waals surface area contributed by atoms with E-state index in [4.69, 9.17) is 0 Å². The van der Waals surface area contributed by atoms with Crippen molar-refractivity contribution in [3.63, 3.8) is 0 Å². The average Bonchev–Trinajstić information content (AvgIpc) is 1.95. The molecular formula is C8H10INaO4. The number of benzene rings is 1. The second-order valence-corrected chi connectivity index (χ2v) is 5.27. The molecule has 1 aromatic rings. The molecule has 0 saturated carbocycles. The molecule has 0 spiro atoms. The van der Waals surface area contributed by atoms with E-state index in [0.717, 1.165) is 0 Å². The van der Waals surface area contributed by atoms with Crippen molar-refractivity contribution in [1.29, 1.82) is 0 Å². The Morgan fingerprint density at radius 2 is 1.50 bits per heavy atom. The third kappa shape index (κ3) is 4.43. The summed E-state index contributed by atoms with van der Waals surface area (Å²) in [7, 11) is 0. The SMILES string of the molecule is Cc1cccc(C)c1O[I+3]([O-])([O-])[O-].[NaH]. The summed E-state index contributed by atoms with van der Waals surface area (Å²) in [6.07, 6.45) is 0. The summed E-state index contributed by atoms with van der Waals surface area (Å²) in [5.74, 6) is 0.166. The molecule has 4 nitrogen and oxygen atoms in total. The number of rotatable bonds is 2. The van der Waals surface area contributed by atoms with E-state index < -0.39 is 20.1 Å². The van der Waals surface area contributed by atoms with Crippen LogP contribution in [0.4, 0.5) is 0 Å². The Balaban J connectivity index is 0.00000169. The van der Waals surface area contributed by atoms with Crippen molar-refractivity contribution in [2.75, 3.05) is 0 Å². The summed E-state index contributed by atoms with van der Waals surface area (Å²) in [6.45, 7) is 3.38. The van der Waals surface area contributed by atoms with Gasteiger partial charge in [0, 0.05) is 11.1 Å². The van der Waals surface area contributed by atoms with Crippen LogP contribution in [-0.2, 0) is 0 Å². The van der Waals surface area contributed by atoms with Gasteiger partial charge in [-0.05, 0) is 13.8 Å². The van der Waals surface area contributed by atoms with Gasteiger partial charge in [-0.2, -0.15) is 0 Å². The van der Waals surface area contributed by atoms with Gasteiger partial charge in [-0.25, -0.2) is 10.3 Å². The van der Waals surface area contributed by atoms with E-state index in [1.54, 1.807) is 32.0 Å². The quantitative estimate of drug-likeness (QED) is 0.404. The van der Waals surface area contributed by atoms with E-state index in [9.17, 15) is 10.3 Å². The molecule has 0 radical (unpaired) electrons. The standard InChI is InChI=1S/C8H9IO4.Na.H/c1-6-4-3-5-7(2)8(6)13-9(10,11)12;;/h3-5H,1-2H3;;. The van der Waals surface area contributed by atoms with Crippen molar-refractivity contribution in [2.24, 2.45) is 0 Å². The zero-order valence-electron chi connectivity index (χ0n) is 7.24. The molecule has 0 aliphatic carbocycles. The predicted octanol–water partition coefficient (Wildman–Crippen LogP) is -5.06. The summed E-state index contributed by atoms with van der Waals surface area (Å²) in [5, 5.41) is 0. The van der Waals surface area contributed by atoms with Crippen molar-refractivity contribution >= 4 is 29.6 Å². The summed E-state index contributed by atoms with van der Waals surface area (Å²) in [6, 6.07) is 5.15. The van der Waals surface area contributed by atoms with Gasteiger partial charge in [0.05, 0.1) is 0 Å². The van der Waals surface area contributed by atoms with Crippen molar-refractivity contribution in [2.45, 2.75) is 13.8 Å². The zero-order chi connectivity index (χ0) is 10.1. The van der Waals surface area contributed by atoms with Crippen molar-refractivity contribution in [1.82, 2.24) is 0 Å². The van der Waals surface area contributed by atoms with Crippen LogP contribution in [0, 0.1) is 13.8 Å². The predicted molar refractivity (Wildman–Crippen MR) is 43.7 cm³/mol. The fraction of sp³-hybridized carbons (Fsp3) is 0.250. The Hall–Kier alpha value is 0.630. The van der Waals surface area contributed by atoms with Crippen LogP contribution >= 0.6 is 0 Å². The zero-order valence-corrected chi connectivity index (χ0v) is 9.40. The second kappa shape index (κ2) is 5.64. The van der Waals surface area contributed by atoms with E-state index in [1.807, 2.05) is 0 Å². The average molecular weight is 320 g/mol. The van der Waals surface area contributed by atoms with Crippen LogP contribution in [0.3, 0.4) is 0 Å². The van der Waals surface area contributed by atoms with Gasteiger partial charge in [0.25, 0.3) is 5.75 Å². The van der Waals surface area contributed by atoms with Crippen LogP contribution in [0.2, 0.25) is 0 Å². The number of hydrogen-bond acceptors (Lipinski definition) is 4. The molecule has 0 fully saturated rings. The Kier molecular flexibility index (Phi) is 5.90. The fourth-order valence-corrected chi connectivity index (χ4v) is 2.25. The Morgan fingerprint density at radius 3 is 1.86 bits per heavy atom. The van der Waals surface area contributed by atoms with Crippen LogP contribution in [0.15, 0.2) is 18.2 Å². The Labute approximate surface area is 111 Å². The maximum absolute atomic E-state index is 10.4. The molecule has 0 aliphatic rings. The molecule has 14 heavy (non-hydrogen) atoms. The molecule has 1 aromatic carbocycles. The topological polar surface area (TPSA) is 78.4 Å². The molecule has 0 saturated heterocycles. The van der Waals surface area contributed by atoms with Crippen LogP contribution in [0.1, 0.15) is 11.1 Å². The van der Waals surface area contributed by atoms with Gasteiger partial charge < -0.3 is 0 Å². The molecule has 0 aromatic heterocycles. The first-order chi connectivity index (χ1) is 5.90. The van der Waals surface area contributed by atoms with E-state index in [0.29, 0.717) is 11.1 Å². The number of para-hydroxylation sites is 1. The molecule has 0 unspecified atom stereocenters. The minimum atomic E-state index is -5.61. The monoisotopic (exact) mass is 320 g/mol. The summed E-state index contributed by atoms with van der Waals surface area (Å²) in [4.78, 5) is 0. The summed E-state index contributed by atoms with van der Waals surface area (Å²) >= 11 is -5.61. The molecule has 1 rings (SSSR count). The molecule has 0 bridgehead atoms. The minimum absolute atomic E-state index is 0. The molecule has 0 aliphatic heterocycles. The second-order valence-electron chi connectivity index (χ2n) is 2.68. The summed E-state index contributed by atoms with van der Waals surface area (Å²) < 4.78 is 35.6. The first-order valence-corrected chi connectivity index (χ1v) is 7.09. The van der Waals surface area contributed by atoms with Gasteiger partial charge in [0.15, 0.2) is 0 Å². The van der Waals surface area contributed by atoms with Gasteiger partial charge in [0.1, 0.15) is 0 Å². The fourth-order valence-electron chi connectivity index (χ4n) is 1.02. The first-order valence-electron chi connectivity index (χ1n) is 3.57. The first kappa shape index (κ1) is 14.6. The molecular weight excluding hydrogens is 310 g/mol. The van der Waals surface area contributed by atoms with E-state index in [1.165, 1.54) is 0 Å². The Bertz CT molecular complexity index is 290. The van der Waals surface area contributed by atoms with Gasteiger partial charge in [-0.3, -0.25) is 0 Å². The van der Waals surface area contributed by atoms with Gasteiger partial charge in [0.2, 0.25) is 0 Å². The van der Waals surface area contributed by atoms with Crippen molar-refractivity contribution < 1.29 is 33.5 Å². The molecule has 74 valence electrons. The molecule has 6 heteroatoms. The molecule has 0 amide bonds. The molecule has 0 atom stereocenters. The van der Waals surface area contributed by atoms with Gasteiger partial charge in [-0.15, -0.1) is 0 Å². The number of halogens is 1.